The second-order valence-electron chi connectivity index (χ2n) is 11.1. The monoisotopic (exact) mass is 575 g/mol. The van der Waals surface area contributed by atoms with Crippen LogP contribution in [0.1, 0.15) is 65.1 Å². The van der Waals surface area contributed by atoms with Gasteiger partial charge in [0.05, 0.1) is 12.3 Å². The van der Waals surface area contributed by atoms with Gasteiger partial charge in [0.1, 0.15) is 31.0 Å². The van der Waals surface area contributed by atoms with Gasteiger partial charge in [0.25, 0.3) is 5.91 Å². The molecule has 0 aromatic carbocycles. The van der Waals surface area contributed by atoms with E-state index in [2.05, 4.69) is 16.0 Å². The van der Waals surface area contributed by atoms with E-state index in [4.69, 9.17) is 14.9 Å². The van der Waals surface area contributed by atoms with Crippen molar-refractivity contribution >= 4 is 35.5 Å². The fourth-order valence-electron chi connectivity index (χ4n) is 5.40. The van der Waals surface area contributed by atoms with Gasteiger partial charge in [-0.3, -0.25) is 24.0 Å². The summed E-state index contributed by atoms with van der Waals surface area (Å²) < 4.78 is 10.2. The van der Waals surface area contributed by atoms with Crippen molar-refractivity contribution in [3.05, 3.63) is 24.2 Å². The summed E-state index contributed by atoms with van der Waals surface area (Å²) in [5, 5.41) is 7.72. The summed E-state index contributed by atoms with van der Waals surface area (Å²) in [5.41, 5.74) is 5.07. The van der Waals surface area contributed by atoms with Crippen molar-refractivity contribution in [3.8, 4) is 0 Å². The highest BCUT2D eigenvalue weighted by Gasteiger charge is 2.45. The number of likely N-dealkylation sites (tertiary alicyclic amines) is 1. The number of carbonyl (C=O) groups is 6. The first-order valence-electron chi connectivity index (χ1n) is 14.1. The molecular formula is C28H41N5O8. The smallest absolute Gasteiger partial charge is 0.325 e. The maximum Gasteiger partial charge on any atom is 0.325 e. The van der Waals surface area contributed by atoms with Crippen LogP contribution in [0.3, 0.4) is 0 Å². The highest BCUT2D eigenvalue weighted by Crippen LogP contribution is 2.33. The molecule has 0 radical (unpaired) electrons. The molecule has 1 saturated heterocycles. The van der Waals surface area contributed by atoms with Crippen molar-refractivity contribution in [2.75, 3.05) is 13.1 Å². The SMILES string of the molecule is CC(NC(=O)[C@@H]1CC(C(C)C)CN1C(=O)C(NC(=O)NCC(=O)OCc1ccco1)C1CCCCC1)C(=O)C(N)=O. The number of esters is 1. The second kappa shape index (κ2) is 14.6. The third-order valence-corrected chi connectivity index (χ3v) is 7.88. The molecule has 5 amide bonds. The van der Waals surface area contributed by atoms with Crippen molar-refractivity contribution < 1.29 is 37.9 Å². The Kier molecular flexibility index (Phi) is 11.3. The lowest BCUT2D eigenvalue weighted by Gasteiger charge is -2.34. The molecule has 2 fully saturated rings. The van der Waals surface area contributed by atoms with E-state index in [1.165, 1.54) is 18.1 Å². The molecule has 41 heavy (non-hydrogen) atoms. The Hall–Kier alpha value is -3.90. The second-order valence-corrected chi connectivity index (χ2v) is 11.1. The van der Waals surface area contributed by atoms with Crippen LogP contribution < -0.4 is 21.7 Å². The van der Waals surface area contributed by atoms with E-state index < -0.39 is 60.2 Å². The molecule has 0 bridgehead atoms. The molecule has 13 heteroatoms. The van der Waals surface area contributed by atoms with Gasteiger partial charge in [-0.2, -0.15) is 0 Å². The lowest BCUT2D eigenvalue weighted by molar-refractivity contribution is -0.144. The number of nitrogens with two attached hydrogens (primary N) is 1. The number of hydrogen-bond donors (Lipinski definition) is 4. The van der Waals surface area contributed by atoms with Gasteiger partial charge in [-0.05, 0) is 56.1 Å². The maximum absolute atomic E-state index is 14.0. The number of nitrogens with one attached hydrogen (secondary N) is 3. The molecule has 3 rings (SSSR count). The fourth-order valence-corrected chi connectivity index (χ4v) is 5.40. The van der Waals surface area contributed by atoms with Crippen LogP contribution in [0, 0.1) is 17.8 Å². The normalized spacial score (nSPS) is 20.6. The van der Waals surface area contributed by atoms with E-state index >= 15 is 0 Å². The Morgan fingerprint density at radius 3 is 2.37 bits per heavy atom. The molecule has 0 spiro atoms. The van der Waals surface area contributed by atoms with Crippen LogP contribution in [0.5, 0.6) is 0 Å². The molecule has 13 nitrogen and oxygen atoms in total. The summed E-state index contributed by atoms with van der Waals surface area (Å²) in [7, 11) is 0. The van der Waals surface area contributed by atoms with E-state index in [1.54, 1.807) is 12.1 Å². The number of carbonyl (C=O) groups excluding carboxylic acids is 6. The Bertz CT molecular complexity index is 1100. The van der Waals surface area contributed by atoms with Gasteiger partial charge >= 0.3 is 12.0 Å². The third kappa shape index (κ3) is 8.79. The molecule has 226 valence electrons. The number of Topliss-reactive ketones (excluding diaryl/α,β-unsaturated/α-hetero) is 1. The number of ether oxygens (including phenoxy) is 1. The van der Waals surface area contributed by atoms with Crippen molar-refractivity contribution in [1.29, 1.82) is 0 Å². The average molecular weight is 576 g/mol. The number of rotatable bonds is 12. The molecule has 2 heterocycles. The molecule has 4 atom stereocenters. The van der Waals surface area contributed by atoms with E-state index in [9.17, 15) is 28.8 Å². The number of nitrogens with zero attached hydrogens (tertiary/aromatic N) is 1. The van der Waals surface area contributed by atoms with E-state index in [1.807, 2.05) is 13.8 Å². The van der Waals surface area contributed by atoms with Gasteiger partial charge in [-0.1, -0.05) is 33.1 Å². The van der Waals surface area contributed by atoms with Crippen LogP contribution in [0.25, 0.3) is 0 Å². The maximum atomic E-state index is 14.0. The zero-order chi connectivity index (χ0) is 30.1. The van der Waals surface area contributed by atoms with Crippen LogP contribution >= 0.6 is 0 Å². The summed E-state index contributed by atoms with van der Waals surface area (Å²) >= 11 is 0. The van der Waals surface area contributed by atoms with Crippen molar-refractivity contribution in [2.24, 2.45) is 23.5 Å². The minimum atomic E-state index is -1.16. The number of primary amides is 1. The number of hydrogen-bond acceptors (Lipinski definition) is 8. The summed E-state index contributed by atoms with van der Waals surface area (Å²) in [6.45, 7) is 5.19. The lowest BCUT2D eigenvalue weighted by Crippen LogP contribution is -2.58. The molecule has 1 aliphatic heterocycles. The summed E-state index contributed by atoms with van der Waals surface area (Å²) in [4.78, 5) is 76.9. The van der Waals surface area contributed by atoms with Gasteiger partial charge in [-0.15, -0.1) is 0 Å². The molecule has 2 aliphatic rings. The highest BCUT2D eigenvalue weighted by atomic mass is 16.5. The van der Waals surface area contributed by atoms with Gasteiger partial charge < -0.3 is 35.7 Å². The predicted molar refractivity (Wildman–Crippen MR) is 146 cm³/mol. The summed E-state index contributed by atoms with van der Waals surface area (Å²) in [6.07, 6.45) is 6.12. The first kappa shape index (κ1) is 31.6. The minimum absolute atomic E-state index is 0.0154. The molecule has 3 unspecified atom stereocenters. The topological polar surface area (TPSA) is 190 Å². The quantitative estimate of drug-likeness (QED) is 0.210. The predicted octanol–water partition coefficient (Wildman–Crippen LogP) is 1.00. The number of urea groups is 1. The lowest BCUT2D eigenvalue weighted by atomic mass is 9.83. The standard InChI is InChI=1S/C28H41N5O8/c1-16(2)19-12-21(26(37)31-17(3)24(35)25(29)36)33(14-19)27(38)23(18-8-5-4-6-9-18)32-28(39)30-13-22(34)41-15-20-10-7-11-40-20/h7,10-11,16-19,21,23H,4-6,8-9,12-15H2,1-3H3,(H2,29,36)(H,31,37)(H2,30,32,39)/t17?,19?,21-,23?/m0/s1. The first-order valence-corrected chi connectivity index (χ1v) is 14.1. The Labute approximate surface area is 239 Å². The Balaban J connectivity index is 1.70. The van der Waals surface area contributed by atoms with E-state index in [0.717, 1.165) is 32.1 Å². The summed E-state index contributed by atoms with van der Waals surface area (Å²) in [6, 6.07) is -0.326. The zero-order valence-corrected chi connectivity index (χ0v) is 23.9. The fraction of sp³-hybridized carbons (Fsp3) is 0.643. The van der Waals surface area contributed by atoms with Crippen molar-refractivity contribution in [1.82, 2.24) is 20.9 Å². The number of ketones is 1. The molecule has 5 N–H and O–H groups in total. The Morgan fingerprint density at radius 1 is 1.05 bits per heavy atom. The molecule has 1 saturated carbocycles. The first-order chi connectivity index (χ1) is 19.5. The van der Waals surface area contributed by atoms with Crippen molar-refractivity contribution in [2.45, 2.75) is 84.0 Å². The van der Waals surface area contributed by atoms with Crippen molar-refractivity contribution in [3.63, 3.8) is 0 Å². The van der Waals surface area contributed by atoms with Crippen LogP contribution in [0.2, 0.25) is 0 Å². The van der Waals surface area contributed by atoms with Gasteiger partial charge in [0, 0.05) is 6.54 Å². The largest absolute Gasteiger partial charge is 0.466 e. The highest BCUT2D eigenvalue weighted by molar-refractivity contribution is 6.37. The van der Waals surface area contributed by atoms with E-state index in [-0.39, 0.29) is 24.4 Å². The van der Waals surface area contributed by atoms with E-state index in [0.29, 0.717) is 18.7 Å². The Morgan fingerprint density at radius 2 is 1.76 bits per heavy atom. The van der Waals surface area contributed by atoms with Crippen LogP contribution in [0.4, 0.5) is 4.79 Å². The molecule has 1 aromatic heterocycles. The molecular weight excluding hydrogens is 534 g/mol. The molecule has 1 aliphatic carbocycles. The number of furan rings is 1. The van der Waals surface area contributed by atoms with Gasteiger partial charge in [0.2, 0.25) is 17.6 Å². The van der Waals surface area contributed by atoms with Gasteiger partial charge in [0.15, 0.2) is 0 Å². The average Bonchev–Trinajstić information content (AvgIpc) is 3.64. The van der Waals surface area contributed by atoms with Gasteiger partial charge in [-0.25, -0.2) is 4.79 Å². The van der Waals surface area contributed by atoms with Crippen LogP contribution in [-0.2, 0) is 35.3 Å². The minimum Gasteiger partial charge on any atom is -0.466 e. The van der Waals surface area contributed by atoms with Crippen LogP contribution in [0.15, 0.2) is 22.8 Å². The number of amides is 5. The molecule has 1 aromatic rings. The zero-order valence-electron chi connectivity index (χ0n) is 23.9. The third-order valence-electron chi connectivity index (χ3n) is 7.88. The summed E-state index contributed by atoms with van der Waals surface area (Å²) in [5.74, 6) is -3.23. The van der Waals surface area contributed by atoms with Crippen LogP contribution in [-0.4, -0.2) is 71.6 Å².